The lowest BCUT2D eigenvalue weighted by atomic mass is 10.2. The maximum absolute atomic E-state index is 12.4. The zero-order valence-corrected chi connectivity index (χ0v) is 18.9. The van der Waals surface area contributed by atoms with Crippen molar-refractivity contribution in [2.45, 2.75) is 22.6 Å². The summed E-state index contributed by atoms with van der Waals surface area (Å²) in [5.41, 5.74) is 1.41. The molecular weight excluding hydrogens is 448 g/mol. The molecule has 0 spiro atoms. The number of nitrogens with one attached hydrogen (secondary N) is 2. The molecule has 3 rings (SSSR count). The van der Waals surface area contributed by atoms with Gasteiger partial charge < -0.3 is 5.32 Å². The first-order valence-electron chi connectivity index (χ1n) is 9.98. The van der Waals surface area contributed by atoms with Crippen molar-refractivity contribution in [3.05, 3.63) is 90.5 Å². The van der Waals surface area contributed by atoms with Gasteiger partial charge in [-0.1, -0.05) is 48.5 Å². The Morgan fingerprint density at radius 2 is 1.31 bits per heavy atom. The molecule has 2 N–H and O–H groups in total. The summed E-state index contributed by atoms with van der Waals surface area (Å²) >= 11 is 0. The first kappa shape index (κ1) is 23.6. The fraction of sp³-hybridized carbons (Fsp3) is 0.174. The molecule has 0 bridgehead atoms. The van der Waals surface area contributed by atoms with E-state index in [1.165, 1.54) is 36.4 Å². The van der Waals surface area contributed by atoms with E-state index in [4.69, 9.17) is 0 Å². The van der Waals surface area contributed by atoms with Crippen molar-refractivity contribution < 1.29 is 21.6 Å². The molecule has 0 aliphatic rings. The molecule has 0 unspecified atom stereocenters. The van der Waals surface area contributed by atoms with Crippen LogP contribution in [0.1, 0.15) is 12.0 Å². The Kier molecular flexibility index (Phi) is 7.79. The van der Waals surface area contributed by atoms with Crippen molar-refractivity contribution in [3.8, 4) is 0 Å². The van der Waals surface area contributed by atoms with Gasteiger partial charge in [0.15, 0.2) is 9.84 Å². The van der Waals surface area contributed by atoms with Crippen molar-refractivity contribution >= 4 is 31.5 Å². The van der Waals surface area contributed by atoms with Gasteiger partial charge in [-0.3, -0.25) is 4.79 Å². The normalized spacial score (nSPS) is 11.8. The van der Waals surface area contributed by atoms with Crippen molar-refractivity contribution in [2.75, 3.05) is 17.6 Å². The number of benzene rings is 3. The van der Waals surface area contributed by atoms with Gasteiger partial charge in [0.25, 0.3) is 0 Å². The molecule has 3 aromatic rings. The zero-order valence-electron chi connectivity index (χ0n) is 17.3. The van der Waals surface area contributed by atoms with Crippen molar-refractivity contribution in [1.29, 1.82) is 0 Å². The van der Waals surface area contributed by atoms with Crippen LogP contribution < -0.4 is 10.0 Å². The van der Waals surface area contributed by atoms with Crippen LogP contribution in [0.25, 0.3) is 0 Å². The Balaban J connectivity index is 1.51. The molecule has 0 heterocycles. The summed E-state index contributed by atoms with van der Waals surface area (Å²) in [5, 5.41) is 2.59. The number of sulfone groups is 1. The van der Waals surface area contributed by atoms with Crippen LogP contribution in [0.2, 0.25) is 0 Å². The first-order chi connectivity index (χ1) is 15.3. The molecule has 9 heteroatoms. The van der Waals surface area contributed by atoms with E-state index in [1.54, 1.807) is 18.2 Å². The minimum absolute atomic E-state index is 0.0789. The number of anilines is 1. The Bertz CT molecular complexity index is 1240. The van der Waals surface area contributed by atoms with Crippen LogP contribution in [0, 0.1) is 0 Å². The minimum atomic E-state index is -3.68. The molecule has 168 valence electrons. The molecule has 0 aliphatic heterocycles. The average molecular weight is 473 g/mol. The van der Waals surface area contributed by atoms with Crippen molar-refractivity contribution in [3.63, 3.8) is 0 Å². The summed E-state index contributed by atoms with van der Waals surface area (Å²) < 4.78 is 52.0. The predicted molar refractivity (Wildman–Crippen MR) is 124 cm³/mol. The number of hydrogen-bond acceptors (Lipinski definition) is 5. The number of sulfonamides is 1. The van der Waals surface area contributed by atoms with Crippen molar-refractivity contribution in [1.82, 2.24) is 4.72 Å². The molecule has 1 amide bonds. The molecule has 0 aromatic heterocycles. The zero-order chi connectivity index (χ0) is 23.0. The van der Waals surface area contributed by atoms with Gasteiger partial charge in [0, 0.05) is 18.7 Å². The Morgan fingerprint density at radius 1 is 0.719 bits per heavy atom. The number of carbonyl (C=O) groups is 1. The highest BCUT2D eigenvalue weighted by molar-refractivity contribution is 7.91. The molecule has 7 nitrogen and oxygen atoms in total. The maximum atomic E-state index is 12.4. The Hall–Kier alpha value is -3.01. The van der Waals surface area contributed by atoms with Gasteiger partial charge in [0.2, 0.25) is 15.9 Å². The Morgan fingerprint density at radius 3 is 1.94 bits per heavy atom. The third-order valence-electron chi connectivity index (χ3n) is 4.70. The van der Waals surface area contributed by atoms with E-state index in [0.29, 0.717) is 12.1 Å². The van der Waals surface area contributed by atoms with Crippen molar-refractivity contribution in [2.24, 2.45) is 0 Å². The number of carbonyl (C=O) groups excluding carboxylic acids is 1. The number of rotatable bonds is 10. The highest BCUT2D eigenvalue weighted by Crippen LogP contribution is 2.15. The summed E-state index contributed by atoms with van der Waals surface area (Å²) in [7, 11) is -7.23. The van der Waals surface area contributed by atoms with Gasteiger partial charge in [0.1, 0.15) is 0 Å². The van der Waals surface area contributed by atoms with E-state index in [2.05, 4.69) is 10.0 Å². The van der Waals surface area contributed by atoms with E-state index in [1.807, 2.05) is 30.3 Å². The fourth-order valence-electron chi connectivity index (χ4n) is 2.97. The third kappa shape index (κ3) is 6.74. The monoisotopic (exact) mass is 472 g/mol. The topological polar surface area (TPSA) is 109 Å². The van der Waals surface area contributed by atoms with E-state index in [-0.39, 0.29) is 28.5 Å². The summed E-state index contributed by atoms with van der Waals surface area (Å²) in [6.07, 6.45) is 0.360. The van der Waals surface area contributed by atoms with E-state index >= 15 is 0 Å². The summed E-state index contributed by atoms with van der Waals surface area (Å²) in [4.78, 5) is 12.4. The Labute approximate surface area is 188 Å². The minimum Gasteiger partial charge on any atom is -0.326 e. The predicted octanol–water partition coefficient (Wildman–Crippen LogP) is 3.01. The van der Waals surface area contributed by atoms with Crippen LogP contribution in [0.15, 0.2) is 94.7 Å². The van der Waals surface area contributed by atoms with Crippen LogP contribution in [0.3, 0.4) is 0 Å². The van der Waals surface area contributed by atoms with Crippen LogP contribution in [-0.4, -0.2) is 35.0 Å². The van der Waals surface area contributed by atoms with Gasteiger partial charge in [-0.05, 0) is 48.4 Å². The highest BCUT2D eigenvalue weighted by atomic mass is 32.2. The molecule has 0 fully saturated rings. The lowest BCUT2D eigenvalue weighted by Gasteiger charge is -2.09. The maximum Gasteiger partial charge on any atom is 0.240 e. The van der Waals surface area contributed by atoms with Gasteiger partial charge in [-0.15, -0.1) is 0 Å². The molecule has 0 atom stereocenters. The van der Waals surface area contributed by atoms with Gasteiger partial charge >= 0.3 is 0 Å². The number of hydrogen-bond donors (Lipinski definition) is 2. The molecular formula is C23H24N2O5S2. The molecule has 32 heavy (non-hydrogen) atoms. The van der Waals surface area contributed by atoms with Crippen LogP contribution in [0.4, 0.5) is 5.69 Å². The second-order valence-corrected chi connectivity index (χ2v) is 11.0. The lowest BCUT2D eigenvalue weighted by Crippen LogP contribution is -2.26. The average Bonchev–Trinajstić information content (AvgIpc) is 2.79. The SMILES string of the molecule is O=C(CCS(=O)(=O)c1ccccc1)Nc1ccc(S(=O)(=O)NCCc2ccccc2)cc1. The van der Waals surface area contributed by atoms with Crippen LogP contribution in [-0.2, 0) is 31.1 Å². The smallest absolute Gasteiger partial charge is 0.240 e. The summed E-state index contributed by atoms with van der Waals surface area (Å²) in [6.45, 7) is 0.265. The quantitative estimate of drug-likeness (QED) is 0.471. The molecule has 0 saturated carbocycles. The summed E-state index contributed by atoms with van der Waals surface area (Å²) in [6, 6.07) is 23.2. The van der Waals surface area contributed by atoms with E-state index in [9.17, 15) is 21.6 Å². The second kappa shape index (κ2) is 10.5. The van der Waals surface area contributed by atoms with Crippen LogP contribution in [0.5, 0.6) is 0 Å². The highest BCUT2D eigenvalue weighted by Gasteiger charge is 2.17. The fourth-order valence-corrected chi connectivity index (χ4v) is 5.26. The summed E-state index contributed by atoms with van der Waals surface area (Å²) in [5.74, 6) is -0.790. The third-order valence-corrected chi connectivity index (χ3v) is 7.91. The first-order valence-corrected chi connectivity index (χ1v) is 13.1. The molecule has 0 aliphatic carbocycles. The molecule has 3 aromatic carbocycles. The van der Waals surface area contributed by atoms with Gasteiger partial charge in [-0.25, -0.2) is 21.6 Å². The standard InChI is InChI=1S/C23H24N2O5S2/c26-23(16-18-31(27,28)21-9-5-2-6-10-21)25-20-11-13-22(14-12-20)32(29,30)24-17-15-19-7-3-1-4-8-19/h1-14,24H,15-18H2,(H,25,26). The van der Waals surface area contributed by atoms with Gasteiger partial charge in [0.05, 0.1) is 15.5 Å². The lowest BCUT2D eigenvalue weighted by molar-refractivity contribution is -0.115. The van der Waals surface area contributed by atoms with E-state index in [0.717, 1.165) is 5.56 Å². The molecule has 0 radical (unpaired) electrons. The number of amides is 1. The van der Waals surface area contributed by atoms with Gasteiger partial charge in [-0.2, -0.15) is 0 Å². The second-order valence-electron chi connectivity index (χ2n) is 7.09. The largest absolute Gasteiger partial charge is 0.326 e. The van der Waals surface area contributed by atoms with E-state index < -0.39 is 25.8 Å². The van der Waals surface area contributed by atoms with Crippen LogP contribution >= 0.6 is 0 Å². The molecule has 0 saturated heterocycles.